The van der Waals surface area contributed by atoms with Crippen LogP contribution in [-0.4, -0.2) is 24.3 Å². The van der Waals surface area contributed by atoms with Gasteiger partial charge in [0.15, 0.2) is 0 Å². The summed E-state index contributed by atoms with van der Waals surface area (Å²) < 4.78 is 27.0. The number of sulfonamides is 1. The lowest BCUT2D eigenvalue weighted by Gasteiger charge is -2.20. The Balaban J connectivity index is 1.36. The van der Waals surface area contributed by atoms with Crippen LogP contribution in [0.15, 0.2) is 47.6 Å². The second kappa shape index (κ2) is 7.26. The van der Waals surface area contributed by atoms with Gasteiger partial charge in [-0.1, -0.05) is 6.42 Å². The molecule has 0 radical (unpaired) electrons. The number of fused-ring (bicyclic) bond motifs is 2. The standard InChI is InChI=1S/C19H22N4O3S/c24-18(12-15-11-13-2-3-14(15)10-13)22-16-4-6-17(7-5-16)27(25,26)23-19-20-8-1-9-21-19/h1,4-9,13-15H,2-3,10-12H2,(H,22,24)(H,20,21,23). The highest BCUT2D eigenvalue weighted by Gasteiger charge is 2.40. The largest absolute Gasteiger partial charge is 0.326 e. The Morgan fingerprint density at radius 3 is 2.44 bits per heavy atom. The minimum Gasteiger partial charge on any atom is -0.326 e. The molecule has 2 aromatic rings. The van der Waals surface area contributed by atoms with Gasteiger partial charge in [0.2, 0.25) is 11.9 Å². The molecule has 7 nitrogen and oxygen atoms in total. The number of hydrogen-bond acceptors (Lipinski definition) is 5. The lowest BCUT2D eigenvalue weighted by Crippen LogP contribution is -2.20. The van der Waals surface area contributed by atoms with E-state index in [0.717, 1.165) is 5.92 Å². The van der Waals surface area contributed by atoms with E-state index < -0.39 is 10.0 Å². The molecule has 2 fully saturated rings. The number of nitrogens with zero attached hydrogens (tertiary/aromatic N) is 2. The zero-order valence-electron chi connectivity index (χ0n) is 14.8. The van der Waals surface area contributed by atoms with Gasteiger partial charge in [0, 0.05) is 24.5 Å². The van der Waals surface area contributed by atoms with Gasteiger partial charge < -0.3 is 5.32 Å². The maximum atomic E-state index is 12.4. The fourth-order valence-corrected chi connectivity index (χ4v) is 5.28. The molecule has 27 heavy (non-hydrogen) atoms. The minimum atomic E-state index is -3.77. The molecular weight excluding hydrogens is 364 g/mol. The highest BCUT2D eigenvalue weighted by Crippen LogP contribution is 2.49. The van der Waals surface area contributed by atoms with Crippen molar-refractivity contribution < 1.29 is 13.2 Å². The molecule has 142 valence electrons. The topological polar surface area (TPSA) is 101 Å². The third-order valence-corrected chi connectivity index (χ3v) is 6.92. The van der Waals surface area contributed by atoms with Crippen LogP contribution in [0.2, 0.25) is 0 Å². The van der Waals surface area contributed by atoms with E-state index in [9.17, 15) is 13.2 Å². The zero-order chi connectivity index (χ0) is 18.9. The lowest BCUT2D eigenvalue weighted by atomic mass is 9.86. The first-order valence-corrected chi connectivity index (χ1v) is 10.7. The van der Waals surface area contributed by atoms with Gasteiger partial charge in [-0.15, -0.1) is 0 Å². The van der Waals surface area contributed by atoms with Crippen LogP contribution in [0.5, 0.6) is 0 Å². The summed E-state index contributed by atoms with van der Waals surface area (Å²) in [6.07, 6.45) is 8.49. The summed E-state index contributed by atoms with van der Waals surface area (Å²) in [6, 6.07) is 7.71. The van der Waals surface area contributed by atoms with Crippen LogP contribution in [0.4, 0.5) is 11.6 Å². The van der Waals surface area contributed by atoms with Crippen LogP contribution < -0.4 is 10.0 Å². The fraction of sp³-hybridized carbons (Fsp3) is 0.421. The molecule has 0 spiro atoms. The van der Waals surface area contributed by atoms with Crippen molar-refractivity contribution >= 4 is 27.6 Å². The molecule has 3 atom stereocenters. The Kier molecular flexibility index (Phi) is 4.82. The normalized spacial score (nSPS) is 23.9. The predicted molar refractivity (Wildman–Crippen MR) is 101 cm³/mol. The lowest BCUT2D eigenvalue weighted by molar-refractivity contribution is -0.117. The van der Waals surface area contributed by atoms with E-state index in [-0.39, 0.29) is 16.8 Å². The molecule has 2 aliphatic rings. The van der Waals surface area contributed by atoms with Gasteiger partial charge in [0.25, 0.3) is 10.0 Å². The van der Waals surface area contributed by atoms with Crippen molar-refractivity contribution in [2.75, 3.05) is 10.0 Å². The van der Waals surface area contributed by atoms with E-state index in [1.165, 1.54) is 50.2 Å². The van der Waals surface area contributed by atoms with E-state index in [0.29, 0.717) is 23.9 Å². The minimum absolute atomic E-state index is 0.000956. The molecule has 8 heteroatoms. The first-order valence-electron chi connectivity index (χ1n) is 9.19. The Morgan fingerprint density at radius 1 is 1.07 bits per heavy atom. The Morgan fingerprint density at radius 2 is 1.81 bits per heavy atom. The second-order valence-electron chi connectivity index (χ2n) is 7.39. The van der Waals surface area contributed by atoms with Crippen molar-refractivity contribution in [3.63, 3.8) is 0 Å². The van der Waals surface area contributed by atoms with Crippen LogP contribution in [-0.2, 0) is 14.8 Å². The quantitative estimate of drug-likeness (QED) is 0.795. The average molecular weight is 386 g/mol. The summed E-state index contributed by atoms with van der Waals surface area (Å²) in [7, 11) is -3.77. The van der Waals surface area contributed by atoms with Gasteiger partial charge in [0.05, 0.1) is 4.90 Å². The third-order valence-electron chi connectivity index (χ3n) is 5.57. The molecule has 2 N–H and O–H groups in total. The second-order valence-corrected chi connectivity index (χ2v) is 9.07. The van der Waals surface area contributed by atoms with Gasteiger partial charge in [-0.2, -0.15) is 0 Å². The average Bonchev–Trinajstić information content (AvgIpc) is 3.25. The molecule has 4 rings (SSSR count). The maximum Gasteiger partial charge on any atom is 0.264 e. The summed E-state index contributed by atoms with van der Waals surface area (Å²) >= 11 is 0. The van der Waals surface area contributed by atoms with Crippen molar-refractivity contribution in [3.8, 4) is 0 Å². The van der Waals surface area contributed by atoms with Crippen molar-refractivity contribution in [2.45, 2.75) is 37.0 Å². The van der Waals surface area contributed by atoms with Gasteiger partial charge >= 0.3 is 0 Å². The summed E-state index contributed by atoms with van der Waals surface area (Å²) in [4.78, 5) is 20.1. The number of carbonyl (C=O) groups is 1. The van der Waals surface area contributed by atoms with Crippen LogP contribution in [0.3, 0.4) is 0 Å². The monoisotopic (exact) mass is 386 g/mol. The summed E-state index contributed by atoms with van der Waals surface area (Å²) in [5.74, 6) is 2.04. The van der Waals surface area contributed by atoms with Crippen LogP contribution in [0, 0.1) is 17.8 Å². The maximum absolute atomic E-state index is 12.4. The highest BCUT2D eigenvalue weighted by atomic mass is 32.2. The van der Waals surface area contributed by atoms with Gasteiger partial charge in [0.1, 0.15) is 0 Å². The van der Waals surface area contributed by atoms with Gasteiger partial charge in [-0.25, -0.2) is 23.1 Å². The molecule has 2 aliphatic carbocycles. The van der Waals surface area contributed by atoms with E-state index in [2.05, 4.69) is 20.0 Å². The molecule has 0 aliphatic heterocycles. The fourth-order valence-electron chi connectivity index (χ4n) is 4.32. The molecule has 2 bridgehead atoms. The Bertz CT molecular complexity index is 916. The highest BCUT2D eigenvalue weighted by molar-refractivity contribution is 7.92. The third kappa shape index (κ3) is 4.10. The van der Waals surface area contributed by atoms with E-state index in [1.807, 2.05) is 0 Å². The molecule has 2 saturated carbocycles. The van der Waals surface area contributed by atoms with E-state index in [4.69, 9.17) is 0 Å². The molecule has 0 saturated heterocycles. The number of anilines is 2. The molecule has 1 heterocycles. The van der Waals surface area contributed by atoms with Crippen molar-refractivity contribution in [2.24, 2.45) is 17.8 Å². The van der Waals surface area contributed by atoms with E-state index >= 15 is 0 Å². The van der Waals surface area contributed by atoms with Crippen molar-refractivity contribution in [1.82, 2.24) is 9.97 Å². The van der Waals surface area contributed by atoms with E-state index in [1.54, 1.807) is 18.2 Å². The van der Waals surface area contributed by atoms with Crippen LogP contribution >= 0.6 is 0 Å². The van der Waals surface area contributed by atoms with Crippen molar-refractivity contribution in [1.29, 1.82) is 0 Å². The number of hydrogen-bond donors (Lipinski definition) is 2. The SMILES string of the molecule is O=C(CC1CC2CCC1C2)Nc1ccc(S(=O)(=O)Nc2ncccn2)cc1. The zero-order valence-corrected chi connectivity index (χ0v) is 15.7. The smallest absolute Gasteiger partial charge is 0.264 e. The van der Waals surface area contributed by atoms with Gasteiger partial charge in [-0.05, 0) is 67.3 Å². The van der Waals surface area contributed by atoms with Crippen molar-refractivity contribution in [3.05, 3.63) is 42.7 Å². The van der Waals surface area contributed by atoms with Crippen LogP contribution in [0.1, 0.15) is 32.1 Å². The summed E-state index contributed by atoms with van der Waals surface area (Å²) in [5, 5.41) is 2.88. The Labute approximate surface area is 158 Å². The molecular formula is C19H22N4O3S. The predicted octanol–water partition coefficient (Wildman–Crippen LogP) is 3.04. The number of rotatable bonds is 6. The number of benzene rings is 1. The summed E-state index contributed by atoms with van der Waals surface area (Å²) in [6.45, 7) is 0. The van der Waals surface area contributed by atoms with Crippen LogP contribution in [0.25, 0.3) is 0 Å². The first-order chi connectivity index (χ1) is 13.0. The number of aromatic nitrogens is 2. The molecule has 1 aromatic carbocycles. The Hall–Kier alpha value is -2.48. The number of amides is 1. The van der Waals surface area contributed by atoms with Gasteiger partial charge in [-0.3, -0.25) is 4.79 Å². The molecule has 3 unspecified atom stereocenters. The first kappa shape index (κ1) is 17.9. The molecule has 1 aromatic heterocycles. The number of carbonyl (C=O) groups excluding carboxylic acids is 1. The number of nitrogens with one attached hydrogen (secondary N) is 2. The molecule has 1 amide bonds. The summed E-state index contributed by atoms with van der Waals surface area (Å²) in [5.41, 5.74) is 0.595.